The van der Waals surface area contributed by atoms with Crippen LogP contribution in [0.4, 0.5) is 0 Å². The molecule has 0 heterocycles. The van der Waals surface area contributed by atoms with Gasteiger partial charge in [-0.05, 0) is 73.1 Å². The smallest absolute Gasteiger partial charge is 0.0849 e. The Bertz CT molecular complexity index is 411. The van der Waals surface area contributed by atoms with Gasteiger partial charge in [-0.1, -0.05) is 34.9 Å². The Labute approximate surface area is 142 Å². The van der Waals surface area contributed by atoms with Gasteiger partial charge in [0, 0.05) is 0 Å². The van der Waals surface area contributed by atoms with Gasteiger partial charge in [0.1, 0.15) is 0 Å². The largest absolute Gasteiger partial charge is 0.392 e. The van der Waals surface area contributed by atoms with E-state index < -0.39 is 11.7 Å². The Kier molecular flexibility index (Phi) is 11.2. The van der Waals surface area contributed by atoms with Gasteiger partial charge in [0.15, 0.2) is 0 Å². The molecule has 0 spiro atoms. The molecule has 23 heavy (non-hydrogen) atoms. The molecule has 3 heteroatoms. The standard InChI is InChI=1S/C20H36O3/c1-16(9-7-11-18(3)14-15-21)8-6-10-17(2)12-13-19(22)20(4,5)23/h9-10,14,19,21-23H,6-8,11-13,15H2,1-5H3. The van der Waals surface area contributed by atoms with Crippen LogP contribution in [0.15, 0.2) is 34.9 Å². The summed E-state index contributed by atoms with van der Waals surface area (Å²) in [5.41, 5.74) is 2.87. The fraction of sp³-hybridized carbons (Fsp3) is 0.700. The topological polar surface area (TPSA) is 60.7 Å². The molecule has 0 aromatic carbocycles. The predicted octanol–water partition coefficient (Wildman–Crippen LogP) is 4.29. The lowest BCUT2D eigenvalue weighted by Crippen LogP contribution is -2.35. The highest BCUT2D eigenvalue weighted by Crippen LogP contribution is 2.17. The maximum atomic E-state index is 9.82. The van der Waals surface area contributed by atoms with Crippen molar-refractivity contribution < 1.29 is 15.3 Å². The summed E-state index contributed by atoms with van der Waals surface area (Å²) >= 11 is 0. The second kappa shape index (κ2) is 11.6. The van der Waals surface area contributed by atoms with E-state index >= 15 is 0 Å². The average Bonchev–Trinajstić information content (AvgIpc) is 2.44. The van der Waals surface area contributed by atoms with E-state index in [2.05, 4.69) is 26.0 Å². The number of rotatable bonds is 11. The Hall–Kier alpha value is -0.900. The number of aliphatic hydroxyl groups excluding tert-OH is 2. The molecule has 1 unspecified atom stereocenters. The molecule has 0 aromatic rings. The van der Waals surface area contributed by atoms with E-state index in [1.165, 1.54) is 16.7 Å². The molecule has 0 bridgehead atoms. The van der Waals surface area contributed by atoms with Crippen molar-refractivity contribution >= 4 is 0 Å². The van der Waals surface area contributed by atoms with E-state index in [0.29, 0.717) is 6.42 Å². The fourth-order valence-corrected chi connectivity index (χ4v) is 2.27. The van der Waals surface area contributed by atoms with Gasteiger partial charge < -0.3 is 15.3 Å². The molecule has 0 amide bonds. The van der Waals surface area contributed by atoms with Crippen molar-refractivity contribution in [3.8, 4) is 0 Å². The van der Waals surface area contributed by atoms with E-state index in [-0.39, 0.29) is 6.61 Å². The van der Waals surface area contributed by atoms with Gasteiger partial charge >= 0.3 is 0 Å². The van der Waals surface area contributed by atoms with Crippen molar-refractivity contribution in [3.63, 3.8) is 0 Å². The van der Waals surface area contributed by atoms with Crippen LogP contribution in [0.1, 0.15) is 73.1 Å². The minimum Gasteiger partial charge on any atom is -0.392 e. The van der Waals surface area contributed by atoms with E-state index in [9.17, 15) is 10.2 Å². The normalized spacial score (nSPS) is 15.9. The first-order valence-corrected chi connectivity index (χ1v) is 8.65. The fourth-order valence-electron chi connectivity index (χ4n) is 2.27. The van der Waals surface area contributed by atoms with Crippen molar-refractivity contribution in [1.82, 2.24) is 0 Å². The lowest BCUT2D eigenvalue weighted by Gasteiger charge is -2.24. The van der Waals surface area contributed by atoms with Crippen molar-refractivity contribution in [3.05, 3.63) is 34.9 Å². The monoisotopic (exact) mass is 324 g/mol. The summed E-state index contributed by atoms with van der Waals surface area (Å²) in [7, 11) is 0. The van der Waals surface area contributed by atoms with Crippen molar-refractivity contribution in [2.24, 2.45) is 0 Å². The third kappa shape index (κ3) is 12.2. The first-order valence-electron chi connectivity index (χ1n) is 8.65. The van der Waals surface area contributed by atoms with Crippen LogP contribution in [0.25, 0.3) is 0 Å². The summed E-state index contributed by atoms with van der Waals surface area (Å²) in [5, 5.41) is 28.3. The number of allylic oxidation sites excluding steroid dienone is 5. The molecule has 0 aliphatic heterocycles. The Morgan fingerprint density at radius 2 is 1.30 bits per heavy atom. The molecule has 0 saturated heterocycles. The molecule has 3 N–H and O–H groups in total. The highest BCUT2D eigenvalue weighted by Gasteiger charge is 2.23. The Morgan fingerprint density at radius 3 is 1.74 bits per heavy atom. The summed E-state index contributed by atoms with van der Waals surface area (Å²) in [6.45, 7) is 9.70. The maximum Gasteiger partial charge on any atom is 0.0849 e. The minimum absolute atomic E-state index is 0.126. The minimum atomic E-state index is -1.03. The zero-order chi connectivity index (χ0) is 17.9. The molecule has 0 radical (unpaired) electrons. The van der Waals surface area contributed by atoms with E-state index in [1.54, 1.807) is 13.8 Å². The Morgan fingerprint density at radius 1 is 0.870 bits per heavy atom. The summed E-state index contributed by atoms with van der Waals surface area (Å²) in [5.74, 6) is 0. The van der Waals surface area contributed by atoms with Crippen LogP contribution in [0.5, 0.6) is 0 Å². The number of aliphatic hydroxyl groups is 3. The molecule has 3 nitrogen and oxygen atoms in total. The van der Waals surface area contributed by atoms with Crippen molar-refractivity contribution in [1.29, 1.82) is 0 Å². The molecule has 0 aromatic heterocycles. The van der Waals surface area contributed by atoms with Gasteiger partial charge in [0.25, 0.3) is 0 Å². The van der Waals surface area contributed by atoms with Gasteiger partial charge in [0.05, 0.1) is 18.3 Å². The van der Waals surface area contributed by atoms with Crippen LogP contribution in [0.3, 0.4) is 0 Å². The lowest BCUT2D eigenvalue weighted by atomic mass is 9.95. The van der Waals surface area contributed by atoms with Crippen LogP contribution < -0.4 is 0 Å². The summed E-state index contributed by atoms with van der Waals surface area (Å²) < 4.78 is 0. The van der Waals surface area contributed by atoms with Crippen LogP contribution in [-0.4, -0.2) is 33.6 Å². The molecule has 1 atom stereocenters. The highest BCUT2D eigenvalue weighted by atomic mass is 16.3. The van der Waals surface area contributed by atoms with Gasteiger partial charge in [-0.15, -0.1) is 0 Å². The zero-order valence-electron chi connectivity index (χ0n) is 15.6. The molecular formula is C20H36O3. The van der Waals surface area contributed by atoms with E-state index in [0.717, 1.165) is 32.1 Å². The summed E-state index contributed by atoms with van der Waals surface area (Å²) in [4.78, 5) is 0. The second-order valence-corrected chi connectivity index (χ2v) is 7.12. The van der Waals surface area contributed by atoms with Crippen LogP contribution in [0, 0.1) is 0 Å². The molecule has 0 fully saturated rings. The van der Waals surface area contributed by atoms with Crippen LogP contribution in [0.2, 0.25) is 0 Å². The number of hydrogen-bond acceptors (Lipinski definition) is 3. The molecule has 0 saturated carbocycles. The second-order valence-electron chi connectivity index (χ2n) is 7.12. The van der Waals surface area contributed by atoms with E-state index in [1.807, 2.05) is 13.0 Å². The lowest BCUT2D eigenvalue weighted by molar-refractivity contribution is -0.0509. The molecule has 134 valence electrons. The van der Waals surface area contributed by atoms with Gasteiger partial charge in [-0.25, -0.2) is 0 Å². The SMILES string of the molecule is CC(=CCO)CCC=C(C)CCC=C(C)CCC(O)C(C)(C)O. The predicted molar refractivity (Wildman–Crippen MR) is 98.4 cm³/mol. The highest BCUT2D eigenvalue weighted by molar-refractivity contribution is 5.06. The molecule has 0 rings (SSSR count). The number of hydrogen-bond donors (Lipinski definition) is 3. The quantitative estimate of drug-likeness (QED) is 0.497. The average molecular weight is 325 g/mol. The van der Waals surface area contributed by atoms with Gasteiger partial charge in [-0.3, -0.25) is 0 Å². The third-order valence-electron chi connectivity index (χ3n) is 4.13. The molecular weight excluding hydrogens is 288 g/mol. The first kappa shape index (κ1) is 22.1. The van der Waals surface area contributed by atoms with Gasteiger partial charge in [0.2, 0.25) is 0 Å². The molecule has 0 aliphatic rings. The Balaban J connectivity index is 4.04. The van der Waals surface area contributed by atoms with Crippen molar-refractivity contribution in [2.45, 2.75) is 84.8 Å². The summed E-state index contributed by atoms with van der Waals surface area (Å²) in [6.07, 6.45) is 11.2. The maximum absolute atomic E-state index is 9.82. The van der Waals surface area contributed by atoms with Crippen molar-refractivity contribution in [2.75, 3.05) is 6.61 Å². The van der Waals surface area contributed by atoms with Crippen LogP contribution >= 0.6 is 0 Å². The zero-order valence-corrected chi connectivity index (χ0v) is 15.6. The van der Waals surface area contributed by atoms with E-state index in [4.69, 9.17) is 5.11 Å². The third-order valence-corrected chi connectivity index (χ3v) is 4.13. The summed E-state index contributed by atoms with van der Waals surface area (Å²) in [6, 6.07) is 0. The van der Waals surface area contributed by atoms with Gasteiger partial charge in [-0.2, -0.15) is 0 Å². The van der Waals surface area contributed by atoms with Crippen LogP contribution in [-0.2, 0) is 0 Å². The molecule has 0 aliphatic carbocycles. The first-order chi connectivity index (χ1) is 10.7.